The van der Waals surface area contributed by atoms with Crippen LogP contribution in [0.1, 0.15) is 38.9 Å². The predicted molar refractivity (Wildman–Crippen MR) is 129 cm³/mol. The summed E-state index contributed by atoms with van der Waals surface area (Å²) in [5.41, 5.74) is 2.94. The summed E-state index contributed by atoms with van der Waals surface area (Å²) in [4.78, 5) is 33.2. The van der Waals surface area contributed by atoms with Crippen LogP contribution >= 0.6 is 11.6 Å². The average molecular weight is 477 g/mol. The average Bonchev–Trinajstić information content (AvgIpc) is 3.13. The van der Waals surface area contributed by atoms with Crippen LogP contribution in [0.5, 0.6) is 11.5 Å². The smallest absolute Gasteiger partial charge is 0.296 e. The minimum atomic E-state index is -0.779. The number of benzene rings is 2. The standard InChI is InChI=1S/C26H21ClN2O5/c1-13-9-17-19(10-14(13)2)34-25-22(24(17)30)23(15-5-7-18(32-3)20(11-15)33-4)29(26(25)31)21-8-6-16(27)12-28-21/h5-12,23H,1-4H3. The Balaban J connectivity index is 1.82. The number of aryl methyl sites for hydroxylation is 2. The fourth-order valence-corrected chi connectivity index (χ4v) is 4.42. The number of carbonyl (C=O) groups is 1. The van der Waals surface area contributed by atoms with E-state index in [2.05, 4.69) is 4.98 Å². The van der Waals surface area contributed by atoms with Gasteiger partial charge in [-0.2, -0.15) is 0 Å². The zero-order chi connectivity index (χ0) is 24.1. The van der Waals surface area contributed by atoms with Gasteiger partial charge in [-0.1, -0.05) is 17.7 Å². The summed E-state index contributed by atoms with van der Waals surface area (Å²) in [6, 6.07) is 11.4. The van der Waals surface area contributed by atoms with Crippen LogP contribution in [-0.4, -0.2) is 25.1 Å². The van der Waals surface area contributed by atoms with Gasteiger partial charge in [-0.3, -0.25) is 14.5 Å². The molecule has 7 nitrogen and oxygen atoms in total. The van der Waals surface area contributed by atoms with E-state index >= 15 is 0 Å². The van der Waals surface area contributed by atoms with Crippen molar-refractivity contribution >= 4 is 34.3 Å². The molecule has 4 aromatic rings. The second kappa shape index (κ2) is 8.18. The third kappa shape index (κ3) is 3.31. The molecule has 1 aliphatic heterocycles. The third-order valence-corrected chi connectivity index (χ3v) is 6.39. The number of nitrogens with zero attached hydrogens (tertiary/aromatic N) is 2. The van der Waals surface area contributed by atoms with E-state index in [1.54, 1.807) is 49.6 Å². The molecular formula is C26H21ClN2O5. The monoisotopic (exact) mass is 476 g/mol. The molecule has 2 aromatic carbocycles. The normalized spacial score (nSPS) is 15.0. The molecule has 5 rings (SSSR count). The lowest BCUT2D eigenvalue weighted by molar-refractivity contribution is 0.0970. The van der Waals surface area contributed by atoms with Crippen molar-refractivity contribution in [2.75, 3.05) is 19.1 Å². The number of hydrogen-bond donors (Lipinski definition) is 0. The van der Waals surface area contributed by atoms with Gasteiger partial charge in [0.05, 0.1) is 36.2 Å². The Labute approximate surface area is 200 Å². The molecule has 8 heteroatoms. The molecule has 0 saturated carbocycles. The van der Waals surface area contributed by atoms with Gasteiger partial charge in [0.1, 0.15) is 11.4 Å². The molecule has 0 saturated heterocycles. The highest BCUT2D eigenvalue weighted by Gasteiger charge is 2.44. The Morgan fingerprint density at radius 1 is 0.971 bits per heavy atom. The summed E-state index contributed by atoms with van der Waals surface area (Å²) in [5.74, 6) is 0.890. The molecule has 0 aliphatic carbocycles. The highest BCUT2D eigenvalue weighted by atomic mass is 35.5. The lowest BCUT2D eigenvalue weighted by atomic mass is 9.97. The van der Waals surface area contributed by atoms with E-state index in [-0.39, 0.29) is 16.8 Å². The summed E-state index contributed by atoms with van der Waals surface area (Å²) >= 11 is 6.03. The number of fused-ring (bicyclic) bond motifs is 2. The van der Waals surface area contributed by atoms with E-state index in [1.165, 1.54) is 18.2 Å². The zero-order valence-corrected chi connectivity index (χ0v) is 19.8. The number of halogens is 1. The zero-order valence-electron chi connectivity index (χ0n) is 19.0. The molecule has 1 amide bonds. The topological polar surface area (TPSA) is 81.9 Å². The van der Waals surface area contributed by atoms with E-state index in [0.29, 0.717) is 38.9 Å². The summed E-state index contributed by atoms with van der Waals surface area (Å²) in [5, 5.41) is 0.854. The first-order valence-corrected chi connectivity index (χ1v) is 11.0. The molecular weight excluding hydrogens is 456 g/mol. The van der Waals surface area contributed by atoms with Crippen molar-refractivity contribution in [1.82, 2.24) is 4.98 Å². The van der Waals surface area contributed by atoms with E-state index < -0.39 is 11.9 Å². The molecule has 0 radical (unpaired) electrons. The van der Waals surface area contributed by atoms with Gasteiger partial charge in [-0.05, 0) is 66.9 Å². The first-order chi connectivity index (χ1) is 16.3. The first-order valence-electron chi connectivity index (χ1n) is 10.6. The molecule has 1 aliphatic rings. The van der Waals surface area contributed by atoms with E-state index in [9.17, 15) is 9.59 Å². The fourth-order valence-electron chi connectivity index (χ4n) is 4.31. The molecule has 2 aromatic heterocycles. The maximum atomic E-state index is 13.8. The first kappa shape index (κ1) is 22.0. The van der Waals surface area contributed by atoms with Crippen LogP contribution in [0.25, 0.3) is 11.0 Å². The minimum Gasteiger partial charge on any atom is -0.493 e. The summed E-state index contributed by atoms with van der Waals surface area (Å²) in [7, 11) is 3.07. The highest BCUT2D eigenvalue weighted by molar-refractivity contribution is 6.30. The summed E-state index contributed by atoms with van der Waals surface area (Å²) in [6.07, 6.45) is 1.46. The number of pyridine rings is 1. The number of methoxy groups -OCH3 is 2. The van der Waals surface area contributed by atoms with E-state index in [0.717, 1.165) is 11.1 Å². The van der Waals surface area contributed by atoms with Crippen molar-refractivity contribution < 1.29 is 18.7 Å². The molecule has 172 valence electrons. The Bertz CT molecular complexity index is 1510. The van der Waals surface area contributed by atoms with Crippen molar-refractivity contribution in [3.05, 3.63) is 91.9 Å². The molecule has 34 heavy (non-hydrogen) atoms. The van der Waals surface area contributed by atoms with Crippen molar-refractivity contribution in [2.24, 2.45) is 0 Å². The Hall–Kier alpha value is -3.84. The van der Waals surface area contributed by atoms with Crippen LogP contribution in [0.3, 0.4) is 0 Å². The van der Waals surface area contributed by atoms with Crippen molar-refractivity contribution in [1.29, 1.82) is 0 Å². The van der Waals surface area contributed by atoms with Crippen LogP contribution in [0, 0.1) is 13.8 Å². The van der Waals surface area contributed by atoms with Crippen molar-refractivity contribution in [2.45, 2.75) is 19.9 Å². The van der Waals surface area contributed by atoms with Gasteiger partial charge in [-0.25, -0.2) is 4.98 Å². The second-order valence-corrected chi connectivity index (χ2v) is 8.57. The SMILES string of the molecule is COc1ccc(C2c3c(oc4cc(C)c(C)cc4c3=O)C(=O)N2c2ccc(Cl)cn2)cc1OC. The number of carbonyl (C=O) groups excluding carboxylic acids is 1. The Kier molecular flexibility index (Phi) is 5.29. The van der Waals surface area contributed by atoms with Crippen LogP contribution in [0.15, 0.2) is 57.9 Å². The van der Waals surface area contributed by atoms with Crippen molar-refractivity contribution in [3.8, 4) is 11.5 Å². The lowest BCUT2D eigenvalue weighted by Gasteiger charge is -2.24. The summed E-state index contributed by atoms with van der Waals surface area (Å²) < 4.78 is 16.9. The van der Waals surface area contributed by atoms with Gasteiger partial charge in [0.15, 0.2) is 16.9 Å². The maximum Gasteiger partial charge on any atom is 0.296 e. The molecule has 1 atom stereocenters. The van der Waals surface area contributed by atoms with Crippen LogP contribution in [-0.2, 0) is 0 Å². The van der Waals surface area contributed by atoms with Crippen LogP contribution < -0.4 is 19.8 Å². The molecule has 0 fully saturated rings. The van der Waals surface area contributed by atoms with Gasteiger partial charge < -0.3 is 13.9 Å². The quantitative estimate of drug-likeness (QED) is 0.401. The Morgan fingerprint density at radius 2 is 1.71 bits per heavy atom. The molecule has 0 N–H and O–H groups in total. The van der Waals surface area contributed by atoms with Crippen LogP contribution in [0.4, 0.5) is 5.82 Å². The highest BCUT2D eigenvalue weighted by Crippen LogP contribution is 2.43. The van der Waals surface area contributed by atoms with Gasteiger partial charge in [0, 0.05) is 6.20 Å². The van der Waals surface area contributed by atoms with Gasteiger partial charge in [0.25, 0.3) is 5.91 Å². The number of rotatable bonds is 4. The maximum absolute atomic E-state index is 13.8. The number of amides is 1. The minimum absolute atomic E-state index is 0.00251. The number of anilines is 1. The molecule has 3 heterocycles. The van der Waals surface area contributed by atoms with E-state index in [1.807, 2.05) is 13.8 Å². The summed E-state index contributed by atoms with van der Waals surface area (Å²) in [6.45, 7) is 3.86. The van der Waals surface area contributed by atoms with E-state index in [4.69, 9.17) is 25.5 Å². The Morgan fingerprint density at radius 3 is 2.38 bits per heavy atom. The van der Waals surface area contributed by atoms with Crippen molar-refractivity contribution in [3.63, 3.8) is 0 Å². The largest absolute Gasteiger partial charge is 0.493 e. The third-order valence-electron chi connectivity index (χ3n) is 6.17. The van der Waals surface area contributed by atoms with Gasteiger partial charge in [-0.15, -0.1) is 0 Å². The second-order valence-electron chi connectivity index (χ2n) is 8.13. The fraction of sp³-hybridized carbons (Fsp3) is 0.192. The number of ether oxygens (including phenoxy) is 2. The molecule has 0 spiro atoms. The van der Waals surface area contributed by atoms with Crippen LogP contribution in [0.2, 0.25) is 5.02 Å². The number of hydrogen-bond acceptors (Lipinski definition) is 6. The lowest BCUT2D eigenvalue weighted by Crippen LogP contribution is -2.30. The molecule has 1 unspecified atom stereocenters. The predicted octanol–water partition coefficient (Wildman–Crippen LogP) is 5.23. The molecule has 0 bridgehead atoms. The van der Waals surface area contributed by atoms with Gasteiger partial charge in [0.2, 0.25) is 5.76 Å². The number of aromatic nitrogens is 1. The van der Waals surface area contributed by atoms with Gasteiger partial charge >= 0.3 is 0 Å².